The van der Waals surface area contributed by atoms with Crippen LogP contribution < -0.4 is 5.73 Å². The van der Waals surface area contributed by atoms with Crippen LogP contribution in [-0.4, -0.2) is 16.3 Å². The van der Waals surface area contributed by atoms with Gasteiger partial charge in [0.25, 0.3) is 0 Å². The Morgan fingerprint density at radius 2 is 2.00 bits per heavy atom. The van der Waals surface area contributed by atoms with E-state index in [0.29, 0.717) is 11.2 Å². The Bertz CT molecular complexity index is 564. The van der Waals surface area contributed by atoms with E-state index in [4.69, 9.17) is 10.5 Å². The summed E-state index contributed by atoms with van der Waals surface area (Å²) in [6, 6.07) is 7.38. The first-order chi connectivity index (χ1) is 7.88. The third-order valence-electron chi connectivity index (χ3n) is 2.33. The SMILES string of the molecule is CC(C)(C)OC(=O)n1ccc2cccc(N)c21. The van der Waals surface area contributed by atoms with Crippen LogP contribution in [0.4, 0.5) is 10.5 Å². The maximum Gasteiger partial charge on any atom is 0.419 e. The molecule has 1 aromatic heterocycles. The highest BCUT2D eigenvalue weighted by Gasteiger charge is 2.19. The Morgan fingerprint density at radius 3 is 2.65 bits per heavy atom. The van der Waals surface area contributed by atoms with Gasteiger partial charge in [0.15, 0.2) is 0 Å². The molecule has 0 radical (unpaired) electrons. The van der Waals surface area contributed by atoms with Crippen molar-refractivity contribution in [3.8, 4) is 0 Å². The summed E-state index contributed by atoms with van der Waals surface area (Å²) in [7, 11) is 0. The van der Waals surface area contributed by atoms with Crippen LogP contribution in [0.3, 0.4) is 0 Å². The normalized spacial score (nSPS) is 11.7. The average Bonchev–Trinajstić information content (AvgIpc) is 2.60. The van der Waals surface area contributed by atoms with Crippen LogP contribution in [-0.2, 0) is 4.74 Å². The largest absolute Gasteiger partial charge is 0.443 e. The number of nitrogens with two attached hydrogens (primary N) is 1. The van der Waals surface area contributed by atoms with Gasteiger partial charge in [0, 0.05) is 11.6 Å². The van der Waals surface area contributed by atoms with Gasteiger partial charge in [-0.3, -0.25) is 4.57 Å². The molecular formula is C13H16N2O2. The van der Waals surface area contributed by atoms with Gasteiger partial charge in [0.2, 0.25) is 0 Å². The van der Waals surface area contributed by atoms with Crippen LogP contribution in [0.2, 0.25) is 0 Å². The maximum absolute atomic E-state index is 12.0. The summed E-state index contributed by atoms with van der Waals surface area (Å²) in [6.45, 7) is 5.50. The molecule has 90 valence electrons. The molecule has 2 N–H and O–H groups in total. The monoisotopic (exact) mass is 232 g/mol. The summed E-state index contributed by atoms with van der Waals surface area (Å²) >= 11 is 0. The van der Waals surface area contributed by atoms with Gasteiger partial charge in [0.1, 0.15) is 5.60 Å². The topological polar surface area (TPSA) is 57.2 Å². The van der Waals surface area contributed by atoms with Gasteiger partial charge < -0.3 is 10.5 Å². The van der Waals surface area contributed by atoms with Gasteiger partial charge in [-0.2, -0.15) is 0 Å². The van der Waals surface area contributed by atoms with Crippen molar-refractivity contribution in [3.05, 3.63) is 30.5 Å². The van der Waals surface area contributed by atoms with Crippen molar-refractivity contribution in [1.29, 1.82) is 0 Å². The molecule has 4 heteroatoms. The minimum atomic E-state index is -0.517. The fourth-order valence-corrected chi connectivity index (χ4v) is 1.69. The molecule has 0 bridgehead atoms. The number of para-hydroxylation sites is 1. The first kappa shape index (κ1) is 11.5. The summed E-state index contributed by atoms with van der Waals surface area (Å²) in [6.07, 6.45) is 1.26. The zero-order valence-corrected chi connectivity index (χ0v) is 10.2. The number of carbonyl (C=O) groups is 1. The first-order valence-corrected chi connectivity index (χ1v) is 5.47. The van der Waals surface area contributed by atoms with Crippen molar-refractivity contribution in [3.63, 3.8) is 0 Å². The van der Waals surface area contributed by atoms with E-state index in [0.717, 1.165) is 5.39 Å². The second-order valence-electron chi connectivity index (χ2n) is 4.95. The number of aromatic nitrogens is 1. The summed E-state index contributed by atoms with van der Waals surface area (Å²) in [5.41, 5.74) is 6.62. The van der Waals surface area contributed by atoms with Gasteiger partial charge in [-0.15, -0.1) is 0 Å². The van der Waals surface area contributed by atoms with E-state index in [1.165, 1.54) is 4.57 Å². The molecule has 1 heterocycles. The molecular weight excluding hydrogens is 216 g/mol. The van der Waals surface area contributed by atoms with Crippen molar-refractivity contribution in [2.24, 2.45) is 0 Å². The third kappa shape index (κ3) is 2.25. The zero-order valence-electron chi connectivity index (χ0n) is 10.2. The van der Waals surface area contributed by atoms with E-state index in [1.807, 2.05) is 39.0 Å². The van der Waals surface area contributed by atoms with Crippen LogP contribution in [0.1, 0.15) is 20.8 Å². The second-order valence-corrected chi connectivity index (χ2v) is 4.95. The summed E-state index contributed by atoms with van der Waals surface area (Å²) in [5, 5.41) is 0.927. The fourth-order valence-electron chi connectivity index (χ4n) is 1.69. The molecule has 0 aliphatic rings. The molecule has 2 aromatic rings. The van der Waals surface area contributed by atoms with Gasteiger partial charge in [-0.1, -0.05) is 12.1 Å². The number of carbonyl (C=O) groups excluding carboxylic acids is 1. The highest BCUT2D eigenvalue weighted by Crippen LogP contribution is 2.23. The fraction of sp³-hybridized carbons (Fsp3) is 0.308. The van der Waals surface area contributed by atoms with Gasteiger partial charge in [-0.25, -0.2) is 4.79 Å². The standard InChI is InChI=1S/C13H16N2O2/c1-13(2,3)17-12(16)15-8-7-9-5-4-6-10(14)11(9)15/h4-8H,14H2,1-3H3. The number of nitrogens with zero attached hydrogens (tertiary/aromatic N) is 1. The maximum atomic E-state index is 12.0. The lowest BCUT2D eigenvalue weighted by Gasteiger charge is -2.20. The third-order valence-corrected chi connectivity index (χ3v) is 2.33. The van der Waals surface area contributed by atoms with Crippen molar-refractivity contribution < 1.29 is 9.53 Å². The number of ether oxygens (including phenoxy) is 1. The molecule has 0 fully saturated rings. The molecule has 0 aliphatic heterocycles. The average molecular weight is 232 g/mol. The van der Waals surface area contributed by atoms with Gasteiger partial charge in [-0.05, 0) is 32.9 Å². The van der Waals surface area contributed by atoms with Crippen molar-refractivity contribution >= 4 is 22.7 Å². The Labute approximate surface area is 100.0 Å². The number of nitrogen functional groups attached to an aromatic ring is 1. The van der Waals surface area contributed by atoms with E-state index in [9.17, 15) is 4.79 Å². The van der Waals surface area contributed by atoms with Gasteiger partial charge in [0.05, 0.1) is 11.2 Å². The molecule has 17 heavy (non-hydrogen) atoms. The van der Waals surface area contributed by atoms with E-state index in [-0.39, 0.29) is 0 Å². The van der Waals surface area contributed by atoms with Crippen molar-refractivity contribution in [1.82, 2.24) is 4.57 Å². The smallest absolute Gasteiger partial charge is 0.419 e. The Kier molecular flexibility index (Phi) is 2.58. The number of hydrogen-bond acceptors (Lipinski definition) is 3. The summed E-state index contributed by atoms with van der Waals surface area (Å²) < 4.78 is 6.75. The molecule has 0 saturated carbocycles. The molecule has 0 atom stereocenters. The lowest BCUT2D eigenvalue weighted by Crippen LogP contribution is -2.26. The predicted octanol–water partition coefficient (Wildman–Crippen LogP) is 3.01. The molecule has 0 spiro atoms. The molecule has 0 unspecified atom stereocenters. The molecule has 0 amide bonds. The summed E-state index contributed by atoms with van der Waals surface area (Å²) in [4.78, 5) is 12.0. The molecule has 2 rings (SSSR count). The zero-order chi connectivity index (χ0) is 12.6. The number of hydrogen-bond donors (Lipinski definition) is 1. The van der Waals surface area contributed by atoms with Crippen LogP contribution in [0.25, 0.3) is 10.9 Å². The highest BCUT2D eigenvalue weighted by molar-refractivity contribution is 5.96. The minimum absolute atomic E-state index is 0.412. The number of benzene rings is 1. The molecule has 4 nitrogen and oxygen atoms in total. The molecule has 0 saturated heterocycles. The quantitative estimate of drug-likeness (QED) is 0.710. The Morgan fingerprint density at radius 1 is 1.29 bits per heavy atom. The Hall–Kier alpha value is -1.97. The molecule has 1 aromatic carbocycles. The van der Waals surface area contributed by atoms with E-state index < -0.39 is 11.7 Å². The van der Waals surface area contributed by atoms with E-state index in [2.05, 4.69) is 0 Å². The van der Waals surface area contributed by atoms with Crippen LogP contribution in [0, 0.1) is 0 Å². The van der Waals surface area contributed by atoms with Gasteiger partial charge >= 0.3 is 6.09 Å². The van der Waals surface area contributed by atoms with Crippen LogP contribution >= 0.6 is 0 Å². The highest BCUT2D eigenvalue weighted by atomic mass is 16.6. The number of anilines is 1. The molecule has 0 aliphatic carbocycles. The lowest BCUT2D eigenvalue weighted by molar-refractivity contribution is 0.0544. The van der Waals surface area contributed by atoms with Crippen LogP contribution in [0.15, 0.2) is 30.5 Å². The van der Waals surface area contributed by atoms with Crippen LogP contribution in [0.5, 0.6) is 0 Å². The second kappa shape index (κ2) is 3.80. The van der Waals surface area contributed by atoms with E-state index in [1.54, 1.807) is 12.3 Å². The minimum Gasteiger partial charge on any atom is -0.443 e. The Balaban J connectivity index is 2.46. The number of rotatable bonds is 0. The number of fused-ring (bicyclic) bond motifs is 1. The van der Waals surface area contributed by atoms with E-state index >= 15 is 0 Å². The van der Waals surface area contributed by atoms with Crippen molar-refractivity contribution in [2.75, 3.05) is 5.73 Å². The van der Waals surface area contributed by atoms with Crippen molar-refractivity contribution in [2.45, 2.75) is 26.4 Å². The predicted molar refractivity (Wildman–Crippen MR) is 68.0 cm³/mol. The lowest BCUT2D eigenvalue weighted by atomic mass is 10.2. The first-order valence-electron chi connectivity index (χ1n) is 5.47. The summed E-state index contributed by atoms with van der Waals surface area (Å²) in [5.74, 6) is 0.